The Morgan fingerprint density at radius 3 is 2.88 bits per heavy atom. The van der Waals surface area contributed by atoms with Gasteiger partial charge in [-0.05, 0) is 12.8 Å². The minimum Gasteiger partial charge on any atom is -0.339 e. The average molecular weight is 241 g/mol. The molecule has 1 saturated carbocycles. The number of quaternary nitrogens is 1. The highest BCUT2D eigenvalue weighted by molar-refractivity contribution is 8.01. The number of amides is 1. The Morgan fingerprint density at radius 2 is 2.06 bits per heavy atom. The first-order valence-electron chi connectivity index (χ1n) is 6.57. The van der Waals surface area contributed by atoms with E-state index in [1.807, 2.05) is 11.8 Å². The zero-order valence-corrected chi connectivity index (χ0v) is 10.6. The number of rotatable bonds is 0. The molecule has 2 N–H and O–H groups in total. The summed E-state index contributed by atoms with van der Waals surface area (Å²) in [6, 6.07) is 0. The fourth-order valence-corrected chi connectivity index (χ4v) is 5.12. The Kier molecular flexibility index (Phi) is 2.88. The van der Waals surface area contributed by atoms with Crippen LogP contribution in [-0.4, -0.2) is 40.6 Å². The van der Waals surface area contributed by atoms with Gasteiger partial charge in [-0.3, -0.25) is 4.79 Å². The van der Waals surface area contributed by atoms with Gasteiger partial charge in [0.05, 0.1) is 12.3 Å². The van der Waals surface area contributed by atoms with Crippen LogP contribution in [-0.2, 0) is 4.79 Å². The first kappa shape index (κ1) is 10.9. The molecule has 2 aliphatic heterocycles. The first-order chi connectivity index (χ1) is 7.82. The number of nitrogens with two attached hydrogens (primary N) is 1. The molecule has 1 amide bonds. The van der Waals surface area contributed by atoms with Crippen molar-refractivity contribution in [2.45, 2.75) is 49.4 Å². The molecular weight excluding hydrogens is 220 g/mol. The standard InChI is InChI=1S/C12H20N2OS/c15-10-9-16-11-12(5-2-1-3-6-12)13-7-4-8-14(10)11/h11,13H,1-9H2/p+1/t11-/m1/s1. The van der Waals surface area contributed by atoms with E-state index in [0.29, 0.717) is 16.8 Å². The fourth-order valence-electron chi connectivity index (χ4n) is 3.59. The molecule has 3 nitrogen and oxygen atoms in total. The summed E-state index contributed by atoms with van der Waals surface area (Å²) in [5, 5.41) is 3.05. The molecule has 3 aliphatic rings. The van der Waals surface area contributed by atoms with Gasteiger partial charge in [-0.25, -0.2) is 0 Å². The van der Waals surface area contributed by atoms with E-state index in [4.69, 9.17) is 0 Å². The van der Waals surface area contributed by atoms with Gasteiger partial charge in [0.1, 0.15) is 10.9 Å². The number of hydrogen-bond donors (Lipinski definition) is 1. The van der Waals surface area contributed by atoms with Crippen LogP contribution in [0, 0.1) is 0 Å². The minimum absolute atomic E-state index is 0.367. The Bertz CT molecular complexity index is 289. The highest BCUT2D eigenvalue weighted by Gasteiger charge is 2.51. The molecule has 0 unspecified atom stereocenters. The molecule has 0 radical (unpaired) electrons. The number of thioether (sulfide) groups is 1. The van der Waals surface area contributed by atoms with E-state index in [0.717, 1.165) is 12.3 Å². The maximum absolute atomic E-state index is 11.9. The summed E-state index contributed by atoms with van der Waals surface area (Å²) in [5.74, 6) is 1.11. The van der Waals surface area contributed by atoms with Crippen molar-refractivity contribution < 1.29 is 10.1 Å². The van der Waals surface area contributed by atoms with Gasteiger partial charge in [0.15, 0.2) is 0 Å². The number of carbonyl (C=O) groups excluding carboxylic acids is 1. The van der Waals surface area contributed by atoms with Crippen LogP contribution in [0.3, 0.4) is 0 Å². The van der Waals surface area contributed by atoms with Crippen molar-refractivity contribution in [3.8, 4) is 0 Å². The lowest BCUT2D eigenvalue weighted by Crippen LogP contribution is -2.99. The largest absolute Gasteiger partial charge is 0.339 e. The minimum atomic E-state index is 0.367. The van der Waals surface area contributed by atoms with E-state index < -0.39 is 0 Å². The van der Waals surface area contributed by atoms with Crippen LogP contribution in [0.1, 0.15) is 38.5 Å². The molecule has 3 rings (SSSR count). The van der Waals surface area contributed by atoms with Crippen LogP contribution in [0.15, 0.2) is 0 Å². The van der Waals surface area contributed by atoms with Gasteiger partial charge in [0.25, 0.3) is 0 Å². The summed E-state index contributed by atoms with van der Waals surface area (Å²) in [6.07, 6.45) is 7.90. The average Bonchev–Trinajstić information content (AvgIpc) is 2.59. The molecule has 0 aromatic rings. The van der Waals surface area contributed by atoms with Crippen LogP contribution in [0.2, 0.25) is 0 Å². The van der Waals surface area contributed by atoms with Gasteiger partial charge in [0.2, 0.25) is 5.91 Å². The van der Waals surface area contributed by atoms with Crippen LogP contribution in [0.25, 0.3) is 0 Å². The SMILES string of the molecule is O=C1CS[C@H]2N1CCC[NH2+]C21CCCCC1. The predicted molar refractivity (Wildman–Crippen MR) is 65.2 cm³/mol. The Balaban J connectivity index is 1.87. The van der Waals surface area contributed by atoms with Gasteiger partial charge in [-0.2, -0.15) is 0 Å². The molecule has 0 aromatic heterocycles. The lowest BCUT2D eigenvalue weighted by molar-refractivity contribution is -0.729. The van der Waals surface area contributed by atoms with Crippen molar-refractivity contribution in [3.05, 3.63) is 0 Å². The molecule has 1 spiro atoms. The van der Waals surface area contributed by atoms with Crippen molar-refractivity contribution in [1.29, 1.82) is 0 Å². The molecule has 16 heavy (non-hydrogen) atoms. The molecule has 2 saturated heterocycles. The maximum Gasteiger partial charge on any atom is 0.233 e. The summed E-state index contributed by atoms with van der Waals surface area (Å²) in [7, 11) is 0. The van der Waals surface area contributed by atoms with Gasteiger partial charge in [-0.1, -0.05) is 6.42 Å². The molecule has 90 valence electrons. The maximum atomic E-state index is 11.9. The third kappa shape index (κ3) is 1.66. The van der Waals surface area contributed by atoms with Crippen LogP contribution in [0.5, 0.6) is 0 Å². The summed E-state index contributed by atoms with van der Waals surface area (Å²) in [5.41, 5.74) is 0.367. The first-order valence-corrected chi connectivity index (χ1v) is 7.62. The van der Waals surface area contributed by atoms with E-state index >= 15 is 0 Å². The van der Waals surface area contributed by atoms with Crippen molar-refractivity contribution in [2.75, 3.05) is 18.8 Å². The smallest absolute Gasteiger partial charge is 0.233 e. The summed E-state index contributed by atoms with van der Waals surface area (Å²) in [6.45, 7) is 2.20. The molecule has 0 aromatic carbocycles. The van der Waals surface area contributed by atoms with E-state index in [-0.39, 0.29) is 0 Å². The number of carbonyl (C=O) groups is 1. The van der Waals surface area contributed by atoms with Crippen LogP contribution >= 0.6 is 11.8 Å². The molecule has 1 atom stereocenters. The molecular formula is C12H21N2OS+. The second-order valence-electron chi connectivity index (χ2n) is 5.39. The second kappa shape index (κ2) is 4.22. The van der Waals surface area contributed by atoms with Crippen molar-refractivity contribution in [2.24, 2.45) is 0 Å². The lowest BCUT2D eigenvalue weighted by Gasteiger charge is -2.40. The van der Waals surface area contributed by atoms with E-state index in [1.165, 1.54) is 45.1 Å². The molecule has 4 heteroatoms. The Labute approximate surface area is 101 Å². The summed E-state index contributed by atoms with van der Waals surface area (Å²) >= 11 is 1.90. The Morgan fingerprint density at radius 1 is 1.25 bits per heavy atom. The highest BCUT2D eigenvalue weighted by Crippen LogP contribution is 2.39. The topological polar surface area (TPSA) is 36.9 Å². The molecule has 3 fully saturated rings. The van der Waals surface area contributed by atoms with Gasteiger partial charge < -0.3 is 10.2 Å². The fraction of sp³-hybridized carbons (Fsp3) is 0.917. The van der Waals surface area contributed by atoms with Crippen LogP contribution in [0.4, 0.5) is 0 Å². The number of fused-ring (bicyclic) bond motifs is 2. The van der Waals surface area contributed by atoms with Crippen molar-refractivity contribution in [1.82, 2.24) is 4.90 Å². The van der Waals surface area contributed by atoms with E-state index in [2.05, 4.69) is 10.2 Å². The second-order valence-corrected chi connectivity index (χ2v) is 6.46. The van der Waals surface area contributed by atoms with Gasteiger partial charge in [0, 0.05) is 25.8 Å². The summed E-state index contributed by atoms with van der Waals surface area (Å²) < 4.78 is 0. The molecule has 1 aliphatic carbocycles. The van der Waals surface area contributed by atoms with Gasteiger partial charge >= 0.3 is 0 Å². The quantitative estimate of drug-likeness (QED) is 0.673. The number of hydrogen-bond acceptors (Lipinski definition) is 2. The number of nitrogens with zero attached hydrogens (tertiary/aromatic N) is 1. The predicted octanol–water partition coefficient (Wildman–Crippen LogP) is 0.558. The van der Waals surface area contributed by atoms with Crippen LogP contribution < -0.4 is 5.32 Å². The monoisotopic (exact) mass is 241 g/mol. The van der Waals surface area contributed by atoms with E-state index in [9.17, 15) is 4.79 Å². The van der Waals surface area contributed by atoms with Gasteiger partial charge in [-0.15, -0.1) is 11.8 Å². The zero-order chi connectivity index (χ0) is 11.0. The lowest BCUT2D eigenvalue weighted by atomic mass is 9.81. The third-order valence-electron chi connectivity index (χ3n) is 4.40. The highest BCUT2D eigenvalue weighted by atomic mass is 32.2. The zero-order valence-electron chi connectivity index (χ0n) is 9.78. The van der Waals surface area contributed by atoms with Crippen molar-refractivity contribution >= 4 is 17.7 Å². The Hall–Kier alpha value is -0.220. The van der Waals surface area contributed by atoms with Crippen molar-refractivity contribution in [3.63, 3.8) is 0 Å². The summed E-state index contributed by atoms with van der Waals surface area (Å²) in [4.78, 5) is 14.1. The van der Waals surface area contributed by atoms with E-state index in [1.54, 1.807) is 0 Å². The molecule has 0 bridgehead atoms. The third-order valence-corrected chi connectivity index (χ3v) is 5.85. The molecule has 2 heterocycles. The normalized spacial score (nSPS) is 33.9.